The number of aryl methyl sites for hydroxylation is 1. The van der Waals surface area contributed by atoms with E-state index in [4.69, 9.17) is 0 Å². The van der Waals surface area contributed by atoms with Crippen molar-refractivity contribution in [3.8, 4) is 0 Å². The average Bonchev–Trinajstić information content (AvgIpc) is 3.23. The first-order valence-corrected chi connectivity index (χ1v) is 10.1. The summed E-state index contributed by atoms with van der Waals surface area (Å²) in [6, 6.07) is 8.85. The van der Waals surface area contributed by atoms with Crippen molar-refractivity contribution in [2.45, 2.75) is 30.7 Å². The van der Waals surface area contributed by atoms with Crippen LogP contribution in [0.1, 0.15) is 29.9 Å². The van der Waals surface area contributed by atoms with E-state index in [-0.39, 0.29) is 5.54 Å². The van der Waals surface area contributed by atoms with E-state index in [1.165, 1.54) is 41.9 Å². The third kappa shape index (κ3) is 3.72. The van der Waals surface area contributed by atoms with E-state index in [1.807, 2.05) is 7.05 Å². The smallest absolute Gasteiger partial charge is 0.191 e. The second-order valence-corrected chi connectivity index (χ2v) is 8.27. The Morgan fingerprint density at radius 1 is 1.33 bits per heavy atom. The van der Waals surface area contributed by atoms with Gasteiger partial charge in [0.15, 0.2) is 5.96 Å². The van der Waals surface area contributed by atoms with Crippen LogP contribution >= 0.6 is 11.8 Å². The van der Waals surface area contributed by atoms with Gasteiger partial charge in [-0.05, 0) is 50.2 Å². The summed E-state index contributed by atoms with van der Waals surface area (Å²) in [6.07, 6.45) is 3.68. The summed E-state index contributed by atoms with van der Waals surface area (Å²) in [5.74, 6) is 3.98. The van der Waals surface area contributed by atoms with E-state index in [2.05, 4.69) is 70.6 Å². The molecule has 2 atom stereocenters. The lowest BCUT2D eigenvalue weighted by Crippen LogP contribution is -2.55. The fourth-order valence-corrected chi connectivity index (χ4v) is 5.35. The highest BCUT2D eigenvalue weighted by atomic mass is 32.2. The number of guanidine groups is 1. The van der Waals surface area contributed by atoms with Crippen LogP contribution in [-0.2, 0) is 6.42 Å². The van der Waals surface area contributed by atoms with Crippen molar-refractivity contribution in [3.63, 3.8) is 0 Å². The minimum absolute atomic E-state index is 0.252. The zero-order valence-electron chi connectivity index (χ0n) is 15.1. The van der Waals surface area contributed by atoms with Gasteiger partial charge in [0.25, 0.3) is 0 Å². The number of hydrogen-bond donors (Lipinski definition) is 2. The minimum Gasteiger partial charge on any atom is -0.356 e. The van der Waals surface area contributed by atoms with Crippen LogP contribution < -0.4 is 10.6 Å². The monoisotopic (exact) mass is 346 g/mol. The molecule has 1 aliphatic heterocycles. The highest BCUT2D eigenvalue weighted by Crippen LogP contribution is 2.32. The van der Waals surface area contributed by atoms with Gasteiger partial charge in [-0.1, -0.05) is 24.3 Å². The Kier molecular flexibility index (Phi) is 5.72. The molecule has 1 aliphatic carbocycles. The zero-order chi connectivity index (χ0) is 17.0. The Hall–Kier alpha value is -1.20. The molecule has 2 unspecified atom stereocenters. The first-order chi connectivity index (χ1) is 11.6. The summed E-state index contributed by atoms with van der Waals surface area (Å²) < 4.78 is 0. The summed E-state index contributed by atoms with van der Waals surface area (Å²) in [5.41, 5.74) is 3.28. The molecule has 1 aromatic rings. The number of likely N-dealkylation sites (N-methyl/N-ethyl adjacent to an activating group) is 1. The molecule has 0 spiro atoms. The zero-order valence-corrected chi connectivity index (χ0v) is 16.0. The van der Waals surface area contributed by atoms with Crippen LogP contribution in [-0.4, -0.2) is 62.1 Å². The largest absolute Gasteiger partial charge is 0.356 e. The molecule has 132 valence electrons. The van der Waals surface area contributed by atoms with Crippen LogP contribution in [0.25, 0.3) is 0 Å². The van der Waals surface area contributed by atoms with Gasteiger partial charge in [-0.25, -0.2) is 0 Å². The normalized spacial score (nSPS) is 26.7. The second kappa shape index (κ2) is 7.79. The molecule has 0 saturated carbocycles. The van der Waals surface area contributed by atoms with Gasteiger partial charge in [0.05, 0.1) is 0 Å². The van der Waals surface area contributed by atoms with Crippen LogP contribution in [0.2, 0.25) is 0 Å². The van der Waals surface area contributed by atoms with Crippen LogP contribution in [0, 0.1) is 0 Å². The van der Waals surface area contributed by atoms with E-state index in [0.29, 0.717) is 5.92 Å². The molecule has 24 heavy (non-hydrogen) atoms. The molecule has 2 aliphatic rings. The van der Waals surface area contributed by atoms with Crippen molar-refractivity contribution in [1.29, 1.82) is 0 Å². The highest BCUT2D eigenvalue weighted by Gasteiger charge is 2.36. The van der Waals surface area contributed by atoms with Gasteiger partial charge in [-0.15, -0.1) is 0 Å². The number of fused-ring (bicyclic) bond motifs is 1. The highest BCUT2D eigenvalue weighted by molar-refractivity contribution is 7.99. The molecule has 0 aromatic heterocycles. The molecule has 4 nitrogen and oxygen atoms in total. The number of nitrogens with zero attached hydrogens (tertiary/aromatic N) is 2. The molecule has 0 radical (unpaired) electrons. The summed E-state index contributed by atoms with van der Waals surface area (Å²) in [4.78, 5) is 6.80. The number of rotatable bonds is 5. The van der Waals surface area contributed by atoms with Crippen LogP contribution in [0.3, 0.4) is 0 Å². The van der Waals surface area contributed by atoms with E-state index in [0.717, 1.165) is 19.0 Å². The molecule has 5 heteroatoms. The Morgan fingerprint density at radius 2 is 2.17 bits per heavy atom. The number of thioether (sulfide) groups is 1. The number of nitrogens with one attached hydrogen (secondary N) is 2. The van der Waals surface area contributed by atoms with Crippen LogP contribution in [0.5, 0.6) is 0 Å². The van der Waals surface area contributed by atoms with Gasteiger partial charge < -0.3 is 15.5 Å². The average molecular weight is 347 g/mol. The Bertz CT molecular complexity index is 578. The fourth-order valence-electron chi connectivity index (χ4n) is 3.79. The molecular formula is C19H30N4S. The minimum atomic E-state index is 0.252. The Morgan fingerprint density at radius 3 is 2.88 bits per heavy atom. The Balaban J connectivity index is 1.53. The number of aliphatic imine (C=N–C) groups is 1. The predicted molar refractivity (Wildman–Crippen MR) is 105 cm³/mol. The molecule has 0 amide bonds. The maximum absolute atomic E-state index is 4.43. The second-order valence-electron chi connectivity index (χ2n) is 7.16. The summed E-state index contributed by atoms with van der Waals surface area (Å²) in [6.45, 7) is 1.91. The van der Waals surface area contributed by atoms with Crippen molar-refractivity contribution in [3.05, 3.63) is 35.4 Å². The molecule has 3 rings (SSSR count). The van der Waals surface area contributed by atoms with E-state index >= 15 is 0 Å². The lowest BCUT2D eigenvalue weighted by molar-refractivity contribution is 0.183. The molecule has 2 N–H and O–H groups in total. The van der Waals surface area contributed by atoms with Crippen molar-refractivity contribution >= 4 is 17.7 Å². The van der Waals surface area contributed by atoms with Gasteiger partial charge >= 0.3 is 0 Å². The van der Waals surface area contributed by atoms with Gasteiger partial charge in [-0.3, -0.25) is 4.99 Å². The van der Waals surface area contributed by atoms with E-state index in [9.17, 15) is 0 Å². The maximum Gasteiger partial charge on any atom is 0.191 e. The summed E-state index contributed by atoms with van der Waals surface area (Å²) in [5, 5.41) is 7.11. The molecule has 1 fully saturated rings. The number of hydrogen-bond acceptors (Lipinski definition) is 3. The van der Waals surface area contributed by atoms with Gasteiger partial charge in [-0.2, -0.15) is 11.8 Å². The molecule has 1 saturated heterocycles. The summed E-state index contributed by atoms with van der Waals surface area (Å²) >= 11 is 2.05. The first-order valence-electron chi connectivity index (χ1n) is 8.92. The topological polar surface area (TPSA) is 39.7 Å². The van der Waals surface area contributed by atoms with E-state index in [1.54, 1.807) is 0 Å². The van der Waals surface area contributed by atoms with Crippen LogP contribution in [0.4, 0.5) is 0 Å². The maximum atomic E-state index is 4.43. The quantitative estimate of drug-likeness (QED) is 0.634. The van der Waals surface area contributed by atoms with Crippen molar-refractivity contribution in [1.82, 2.24) is 15.5 Å². The van der Waals surface area contributed by atoms with Gasteiger partial charge in [0.2, 0.25) is 0 Å². The third-order valence-electron chi connectivity index (χ3n) is 5.61. The number of benzene rings is 1. The Labute approximate surface area is 150 Å². The third-order valence-corrected chi connectivity index (χ3v) is 6.85. The summed E-state index contributed by atoms with van der Waals surface area (Å²) in [7, 11) is 6.25. The SMILES string of the molecule is CN=C(NCC1CCc2ccccc21)NCC1(N(C)C)CCSC1. The lowest BCUT2D eigenvalue weighted by atomic mass is 9.97. The van der Waals surface area contributed by atoms with Gasteiger partial charge in [0.1, 0.15) is 0 Å². The van der Waals surface area contributed by atoms with Crippen molar-refractivity contribution in [2.24, 2.45) is 4.99 Å². The van der Waals surface area contributed by atoms with Crippen LogP contribution in [0.15, 0.2) is 29.3 Å². The molecule has 0 bridgehead atoms. The van der Waals surface area contributed by atoms with E-state index < -0.39 is 0 Å². The lowest BCUT2D eigenvalue weighted by Gasteiger charge is -2.36. The predicted octanol–water partition coefficient (Wildman–Crippen LogP) is 2.32. The first kappa shape index (κ1) is 17.6. The van der Waals surface area contributed by atoms with Crippen molar-refractivity contribution < 1.29 is 0 Å². The molecule has 1 heterocycles. The standard InChI is InChI=1S/C19H30N4S/c1-20-18(22-13-19(23(2)3)10-11-24-14-19)21-12-16-9-8-15-6-4-5-7-17(15)16/h4-7,16H,8-14H2,1-3H3,(H2,20,21,22). The van der Waals surface area contributed by atoms with Crippen molar-refractivity contribution in [2.75, 3.05) is 45.7 Å². The molecule has 1 aromatic carbocycles. The fraction of sp³-hybridized carbons (Fsp3) is 0.632. The van der Waals surface area contributed by atoms with Gasteiger partial charge in [0, 0.05) is 37.3 Å². The molecular weight excluding hydrogens is 316 g/mol.